The molecular formula is C25H20ClNO4. The molecule has 0 atom stereocenters. The second kappa shape index (κ2) is 9.84. The van der Waals surface area contributed by atoms with Crippen molar-refractivity contribution in [2.75, 3.05) is 7.11 Å². The van der Waals surface area contributed by atoms with Gasteiger partial charge in [-0.1, -0.05) is 53.6 Å². The fourth-order valence-electron chi connectivity index (χ4n) is 2.94. The van der Waals surface area contributed by atoms with Crippen LogP contribution in [0.3, 0.4) is 0 Å². The minimum atomic E-state index is -0.983. The van der Waals surface area contributed by atoms with E-state index in [-0.39, 0.29) is 12.2 Å². The van der Waals surface area contributed by atoms with Crippen LogP contribution < -0.4 is 9.47 Å². The van der Waals surface area contributed by atoms with Crippen LogP contribution in [-0.4, -0.2) is 18.2 Å². The molecule has 3 aromatic rings. The number of carbonyl (C=O) groups is 1. The van der Waals surface area contributed by atoms with E-state index in [1.54, 1.807) is 30.3 Å². The Balaban J connectivity index is 1.84. The van der Waals surface area contributed by atoms with Gasteiger partial charge in [0.1, 0.15) is 6.61 Å². The number of ether oxygens (including phenoxy) is 2. The molecule has 0 aliphatic heterocycles. The normalized spacial score (nSPS) is 11.0. The van der Waals surface area contributed by atoms with Gasteiger partial charge in [0.2, 0.25) is 0 Å². The Hall–Kier alpha value is -3.75. The molecule has 0 radical (unpaired) electrons. The number of nitriles is 1. The number of methoxy groups -OCH3 is 1. The van der Waals surface area contributed by atoms with Crippen molar-refractivity contribution in [1.29, 1.82) is 5.26 Å². The van der Waals surface area contributed by atoms with Gasteiger partial charge in [0.15, 0.2) is 11.5 Å². The molecule has 3 rings (SSSR count). The van der Waals surface area contributed by atoms with Gasteiger partial charge in [0.05, 0.1) is 29.3 Å². The monoisotopic (exact) mass is 433 g/mol. The van der Waals surface area contributed by atoms with Crippen LogP contribution in [0.25, 0.3) is 11.6 Å². The first-order valence-electron chi connectivity index (χ1n) is 9.42. The van der Waals surface area contributed by atoms with Gasteiger partial charge in [0.25, 0.3) is 0 Å². The van der Waals surface area contributed by atoms with Gasteiger partial charge in [0, 0.05) is 0 Å². The fraction of sp³-hybridized carbons (Fsp3) is 0.120. The molecule has 0 fully saturated rings. The van der Waals surface area contributed by atoms with Crippen LogP contribution >= 0.6 is 11.6 Å². The lowest BCUT2D eigenvalue weighted by Crippen LogP contribution is -2.00. The van der Waals surface area contributed by atoms with Crippen molar-refractivity contribution in [3.63, 3.8) is 0 Å². The van der Waals surface area contributed by atoms with Crippen molar-refractivity contribution in [3.05, 3.63) is 93.5 Å². The number of rotatable bonds is 7. The average molecular weight is 434 g/mol. The van der Waals surface area contributed by atoms with Crippen LogP contribution in [0.5, 0.6) is 11.5 Å². The molecule has 3 aromatic carbocycles. The highest BCUT2D eigenvalue weighted by molar-refractivity contribution is 6.32. The van der Waals surface area contributed by atoms with Crippen molar-refractivity contribution < 1.29 is 19.4 Å². The zero-order chi connectivity index (χ0) is 22.4. The Labute approximate surface area is 185 Å². The van der Waals surface area contributed by atoms with Crippen molar-refractivity contribution in [3.8, 4) is 17.6 Å². The molecule has 1 N–H and O–H groups in total. The van der Waals surface area contributed by atoms with E-state index < -0.39 is 5.97 Å². The first-order chi connectivity index (χ1) is 14.9. The Morgan fingerprint density at radius 1 is 1.10 bits per heavy atom. The van der Waals surface area contributed by atoms with E-state index in [9.17, 15) is 10.1 Å². The fourth-order valence-corrected chi connectivity index (χ4v) is 3.22. The van der Waals surface area contributed by atoms with Gasteiger partial charge in [-0.15, -0.1) is 0 Å². The van der Waals surface area contributed by atoms with Crippen molar-refractivity contribution in [1.82, 2.24) is 0 Å². The van der Waals surface area contributed by atoms with Crippen LogP contribution in [0.15, 0.2) is 60.7 Å². The minimum absolute atomic E-state index is 0.192. The summed E-state index contributed by atoms with van der Waals surface area (Å²) < 4.78 is 11.3. The van der Waals surface area contributed by atoms with Gasteiger partial charge < -0.3 is 14.6 Å². The largest absolute Gasteiger partial charge is 0.493 e. The summed E-state index contributed by atoms with van der Waals surface area (Å²) in [6, 6.07) is 19.8. The number of nitrogens with zero attached hydrogens (tertiary/aromatic N) is 1. The third-order valence-corrected chi connectivity index (χ3v) is 4.91. The van der Waals surface area contributed by atoms with Crippen molar-refractivity contribution >= 4 is 29.2 Å². The third-order valence-electron chi connectivity index (χ3n) is 4.63. The number of hydrogen-bond acceptors (Lipinski definition) is 4. The first kappa shape index (κ1) is 21.9. The predicted molar refractivity (Wildman–Crippen MR) is 120 cm³/mol. The number of halogens is 1. The molecule has 31 heavy (non-hydrogen) atoms. The summed E-state index contributed by atoms with van der Waals surface area (Å²) in [6.07, 6.45) is 1.74. The standard InChI is InChI=1S/C25H20ClNO4/c1-16-3-7-19(8-4-16)21(14-27)11-18-12-22(26)24(23(13-18)30-2)31-15-17-5-9-20(10-6-17)25(28)29/h3-13H,15H2,1-2H3,(H,28,29)/b21-11+. The summed E-state index contributed by atoms with van der Waals surface area (Å²) in [5.74, 6) is -0.178. The van der Waals surface area contributed by atoms with E-state index in [2.05, 4.69) is 6.07 Å². The van der Waals surface area contributed by atoms with E-state index in [0.717, 1.165) is 16.7 Å². The van der Waals surface area contributed by atoms with Gasteiger partial charge >= 0.3 is 5.97 Å². The highest BCUT2D eigenvalue weighted by Gasteiger charge is 2.13. The molecule has 5 nitrogen and oxygen atoms in total. The number of carboxylic acid groups (broad SMARTS) is 1. The molecule has 156 valence electrons. The number of allylic oxidation sites excluding steroid dienone is 1. The van der Waals surface area contributed by atoms with E-state index in [1.165, 1.54) is 19.2 Å². The van der Waals surface area contributed by atoms with Crippen LogP contribution in [0.1, 0.15) is 32.6 Å². The lowest BCUT2D eigenvalue weighted by molar-refractivity contribution is 0.0697. The predicted octanol–water partition coefficient (Wildman–Crippen LogP) is 6.00. The van der Waals surface area contributed by atoms with Crippen LogP contribution in [-0.2, 0) is 6.61 Å². The topological polar surface area (TPSA) is 79.5 Å². The number of aryl methyl sites for hydroxylation is 1. The van der Waals surface area contributed by atoms with Crippen molar-refractivity contribution in [2.24, 2.45) is 0 Å². The summed E-state index contributed by atoms with van der Waals surface area (Å²) in [4.78, 5) is 11.0. The Morgan fingerprint density at radius 2 is 1.74 bits per heavy atom. The third kappa shape index (κ3) is 5.44. The molecule has 0 aliphatic carbocycles. The molecule has 0 unspecified atom stereocenters. The van der Waals surface area contributed by atoms with Crippen LogP contribution in [0.4, 0.5) is 0 Å². The van der Waals surface area contributed by atoms with E-state index in [4.69, 9.17) is 26.2 Å². The molecular weight excluding hydrogens is 414 g/mol. The molecule has 0 aliphatic rings. The number of aromatic carboxylic acids is 1. The molecule has 6 heteroatoms. The average Bonchev–Trinajstić information content (AvgIpc) is 2.77. The first-order valence-corrected chi connectivity index (χ1v) is 9.80. The highest BCUT2D eigenvalue weighted by Crippen LogP contribution is 2.38. The van der Waals surface area contributed by atoms with Crippen molar-refractivity contribution in [2.45, 2.75) is 13.5 Å². The molecule has 0 saturated heterocycles. The zero-order valence-corrected chi connectivity index (χ0v) is 17.8. The number of hydrogen-bond donors (Lipinski definition) is 1. The minimum Gasteiger partial charge on any atom is -0.493 e. The van der Waals surface area contributed by atoms with Crippen LogP contribution in [0.2, 0.25) is 5.02 Å². The van der Waals surface area contributed by atoms with Gasteiger partial charge in [-0.25, -0.2) is 4.79 Å². The molecule has 0 amide bonds. The Bertz CT molecular complexity index is 1160. The maximum absolute atomic E-state index is 11.0. The zero-order valence-electron chi connectivity index (χ0n) is 17.1. The molecule has 0 aromatic heterocycles. The van der Waals surface area contributed by atoms with Gasteiger partial charge in [-0.05, 0) is 54.0 Å². The lowest BCUT2D eigenvalue weighted by Gasteiger charge is -2.14. The smallest absolute Gasteiger partial charge is 0.335 e. The summed E-state index contributed by atoms with van der Waals surface area (Å²) in [5.41, 5.74) is 4.14. The molecule has 0 spiro atoms. The summed E-state index contributed by atoms with van der Waals surface area (Å²) >= 11 is 6.44. The van der Waals surface area contributed by atoms with E-state index >= 15 is 0 Å². The molecule has 0 bridgehead atoms. The second-order valence-corrected chi connectivity index (χ2v) is 7.27. The second-order valence-electron chi connectivity index (χ2n) is 6.86. The Morgan fingerprint density at radius 3 is 2.32 bits per heavy atom. The van der Waals surface area contributed by atoms with E-state index in [1.807, 2.05) is 31.2 Å². The molecule has 0 heterocycles. The van der Waals surface area contributed by atoms with Crippen LogP contribution in [0, 0.1) is 18.3 Å². The lowest BCUT2D eigenvalue weighted by atomic mass is 10.0. The summed E-state index contributed by atoms with van der Waals surface area (Å²) in [6.45, 7) is 2.18. The van der Waals surface area contributed by atoms with Gasteiger partial charge in [-0.2, -0.15) is 5.26 Å². The summed E-state index contributed by atoms with van der Waals surface area (Å²) in [5, 5.41) is 18.9. The number of carboxylic acids is 1. The molecule has 0 saturated carbocycles. The SMILES string of the molecule is COc1cc(/C=C(\C#N)c2ccc(C)cc2)cc(Cl)c1OCc1ccc(C(=O)O)cc1. The maximum Gasteiger partial charge on any atom is 0.335 e. The quantitative estimate of drug-likeness (QED) is 0.365. The maximum atomic E-state index is 11.0. The number of benzene rings is 3. The van der Waals surface area contributed by atoms with E-state index in [0.29, 0.717) is 27.7 Å². The highest BCUT2D eigenvalue weighted by atomic mass is 35.5. The Kier molecular flexibility index (Phi) is 6.96. The van der Waals surface area contributed by atoms with Gasteiger partial charge in [-0.3, -0.25) is 0 Å². The summed E-state index contributed by atoms with van der Waals surface area (Å²) in [7, 11) is 1.51.